The zero-order valence-electron chi connectivity index (χ0n) is 26.2. The van der Waals surface area contributed by atoms with Crippen molar-refractivity contribution in [1.82, 2.24) is 9.97 Å². The Bertz CT molecular complexity index is 1760. The first kappa shape index (κ1) is 30.2. The van der Waals surface area contributed by atoms with Crippen molar-refractivity contribution in [2.24, 2.45) is 0 Å². The lowest BCUT2D eigenvalue weighted by Crippen LogP contribution is -2.49. The molecule has 0 radical (unpaired) electrons. The first-order valence-electron chi connectivity index (χ1n) is 15.3. The van der Waals surface area contributed by atoms with Gasteiger partial charge in [0.15, 0.2) is 5.82 Å². The molecule has 6 aromatic rings. The van der Waals surface area contributed by atoms with Crippen LogP contribution in [0.15, 0.2) is 140 Å². The zero-order valence-corrected chi connectivity index (χ0v) is 26.2. The van der Waals surface area contributed by atoms with E-state index in [1.807, 2.05) is 50.2 Å². The van der Waals surface area contributed by atoms with E-state index in [9.17, 15) is 5.11 Å². The highest BCUT2D eigenvalue weighted by Crippen LogP contribution is 2.31. The number of hydrogen-bond acceptors (Lipinski definition) is 4. The van der Waals surface area contributed by atoms with Gasteiger partial charge in [0, 0.05) is 16.7 Å². The molecule has 1 N–H and O–H groups in total. The third-order valence-corrected chi connectivity index (χ3v) is 8.59. The van der Waals surface area contributed by atoms with E-state index < -0.39 is 11.2 Å². The molecule has 222 valence electrons. The average Bonchev–Trinajstić information content (AvgIpc) is 3.08. The van der Waals surface area contributed by atoms with Crippen LogP contribution in [0.3, 0.4) is 0 Å². The molecule has 0 spiro atoms. The van der Waals surface area contributed by atoms with Gasteiger partial charge in [-0.2, -0.15) is 0 Å². The SMILES string of the molecule is CC(C)(O)C(C)(C)OBc1ccc(-c2nc(-c3ccc(-c4ccccc4)cc3)cc(-c3ccc(-c4ccccc4)cc3)n2)cc1. The molecule has 0 unspecified atom stereocenters. The Labute approximate surface area is 266 Å². The van der Waals surface area contributed by atoms with Crippen LogP contribution >= 0.6 is 0 Å². The van der Waals surface area contributed by atoms with Gasteiger partial charge in [-0.3, -0.25) is 0 Å². The lowest BCUT2D eigenvalue weighted by Gasteiger charge is -2.37. The summed E-state index contributed by atoms with van der Waals surface area (Å²) in [5.74, 6) is 0.658. The van der Waals surface area contributed by atoms with Crippen molar-refractivity contribution in [3.05, 3.63) is 140 Å². The Morgan fingerprint density at radius 3 is 1.29 bits per heavy atom. The van der Waals surface area contributed by atoms with E-state index in [0.29, 0.717) is 13.3 Å². The van der Waals surface area contributed by atoms with Crippen LogP contribution < -0.4 is 5.46 Å². The summed E-state index contributed by atoms with van der Waals surface area (Å²) in [6.45, 7) is 7.34. The fourth-order valence-electron chi connectivity index (χ4n) is 4.99. The van der Waals surface area contributed by atoms with Gasteiger partial charge in [-0.25, -0.2) is 9.97 Å². The molecule has 0 fully saturated rings. The van der Waals surface area contributed by atoms with Crippen LogP contribution in [0.1, 0.15) is 27.7 Å². The van der Waals surface area contributed by atoms with Gasteiger partial charge in [-0.05, 0) is 56.0 Å². The van der Waals surface area contributed by atoms with E-state index in [4.69, 9.17) is 14.6 Å². The minimum atomic E-state index is -0.962. The summed E-state index contributed by atoms with van der Waals surface area (Å²) in [5.41, 5.74) is 8.75. The van der Waals surface area contributed by atoms with Crippen molar-refractivity contribution >= 4 is 12.9 Å². The second kappa shape index (κ2) is 12.6. The van der Waals surface area contributed by atoms with Gasteiger partial charge >= 0.3 is 7.48 Å². The van der Waals surface area contributed by atoms with Crippen LogP contribution in [0.25, 0.3) is 56.2 Å². The van der Waals surface area contributed by atoms with Gasteiger partial charge in [0.1, 0.15) is 0 Å². The number of benzene rings is 5. The molecule has 0 aliphatic heterocycles. The summed E-state index contributed by atoms with van der Waals surface area (Å²) >= 11 is 0. The van der Waals surface area contributed by atoms with Crippen molar-refractivity contribution in [3.8, 4) is 56.2 Å². The molecule has 0 saturated heterocycles. The monoisotopic (exact) mass is 588 g/mol. The molecule has 45 heavy (non-hydrogen) atoms. The summed E-state index contributed by atoms with van der Waals surface area (Å²) in [7, 11) is 0.394. The third-order valence-electron chi connectivity index (χ3n) is 8.59. The van der Waals surface area contributed by atoms with Gasteiger partial charge in [-0.15, -0.1) is 0 Å². The normalized spacial score (nSPS) is 11.8. The van der Waals surface area contributed by atoms with Gasteiger partial charge in [0.05, 0.1) is 22.6 Å². The highest BCUT2D eigenvalue weighted by Gasteiger charge is 2.35. The van der Waals surface area contributed by atoms with E-state index in [1.54, 1.807) is 13.8 Å². The predicted octanol–water partition coefficient (Wildman–Crippen LogP) is 8.35. The highest BCUT2D eigenvalue weighted by atomic mass is 16.5. The summed E-state index contributed by atoms with van der Waals surface area (Å²) in [4.78, 5) is 10.1. The largest absolute Gasteiger partial charge is 0.427 e. The van der Waals surface area contributed by atoms with Crippen molar-refractivity contribution in [2.75, 3.05) is 0 Å². The quantitative estimate of drug-likeness (QED) is 0.173. The molecule has 6 rings (SSSR count). The molecule has 0 aliphatic rings. The second-order valence-electron chi connectivity index (χ2n) is 12.4. The molecule has 0 saturated carbocycles. The molecule has 5 aromatic carbocycles. The Balaban J connectivity index is 1.34. The van der Waals surface area contributed by atoms with E-state index in [-0.39, 0.29) is 0 Å². The number of hydrogen-bond donors (Lipinski definition) is 1. The van der Waals surface area contributed by atoms with Crippen LogP contribution in [0.4, 0.5) is 0 Å². The van der Waals surface area contributed by atoms with E-state index in [1.165, 1.54) is 11.1 Å². The molecule has 1 aromatic heterocycles. The predicted molar refractivity (Wildman–Crippen MR) is 187 cm³/mol. The topological polar surface area (TPSA) is 55.2 Å². The lowest BCUT2D eigenvalue weighted by molar-refractivity contribution is -0.0893. The molecule has 4 nitrogen and oxygen atoms in total. The number of aliphatic hydroxyl groups is 1. The van der Waals surface area contributed by atoms with Crippen LogP contribution in [0.2, 0.25) is 0 Å². The van der Waals surface area contributed by atoms with Crippen LogP contribution in [0.5, 0.6) is 0 Å². The maximum atomic E-state index is 10.5. The summed E-state index contributed by atoms with van der Waals surface area (Å²) in [6.07, 6.45) is 0. The molecular formula is C40H37BN2O2. The molecule has 0 bridgehead atoms. The first-order chi connectivity index (χ1) is 21.7. The Morgan fingerprint density at radius 1 is 0.489 bits per heavy atom. The molecule has 0 amide bonds. The van der Waals surface area contributed by atoms with Crippen LogP contribution in [-0.2, 0) is 4.65 Å². The second-order valence-corrected chi connectivity index (χ2v) is 12.4. The molecule has 1 heterocycles. The Morgan fingerprint density at radius 2 is 0.867 bits per heavy atom. The van der Waals surface area contributed by atoms with Crippen molar-refractivity contribution in [2.45, 2.75) is 38.9 Å². The number of nitrogens with zero attached hydrogens (tertiary/aromatic N) is 2. The molecule has 0 aliphatic carbocycles. The smallest absolute Gasteiger partial charge is 0.309 e. The van der Waals surface area contributed by atoms with Gasteiger partial charge < -0.3 is 9.76 Å². The van der Waals surface area contributed by atoms with Crippen molar-refractivity contribution in [1.29, 1.82) is 0 Å². The Kier molecular flexibility index (Phi) is 8.49. The lowest BCUT2D eigenvalue weighted by atomic mass is 9.82. The van der Waals surface area contributed by atoms with Crippen molar-refractivity contribution < 1.29 is 9.76 Å². The number of rotatable bonds is 9. The van der Waals surface area contributed by atoms with Gasteiger partial charge in [0.25, 0.3) is 0 Å². The number of aromatic nitrogens is 2. The van der Waals surface area contributed by atoms with Crippen molar-refractivity contribution in [3.63, 3.8) is 0 Å². The standard InChI is InChI=1S/C40H37BN2O2/c1-39(2,44)40(3,4)45-41-35-25-23-34(24-26-35)38-42-36(32-19-15-30(16-20-32)28-11-7-5-8-12-28)27-37(43-38)33-21-17-31(18-22-33)29-13-9-6-10-14-29/h5-27,41,44H,1-4H3. The highest BCUT2D eigenvalue weighted by molar-refractivity contribution is 6.47. The summed E-state index contributed by atoms with van der Waals surface area (Å²) in [6, 6.07) is 48.1. The third kappa shape index (κ3) is 6.96. The van der Waals surface area contributed by atoms with E-state index in [0.717, 1.165) is 44.7 Å². The molecule has 0 atom stereocenters. The summed E-state index contributed by atoms with van der Waals surface area (Å²) in [5, 5.41) is 10.5. The fraction of sp³-hybridized carbons (Fsp3) is 0.150. The maximum absolute atomic E-state index is 10.5. The summed E-state index contributed by atoms with van der Waals surface area (Å²) < 4.78 is 6.08. The van der Waals surface area contributed by atoms with E-state index in [2.05, 4.69) is 103 Å². The Hall–Kier alpha value is -4.84. The fourth-order valence-corrected chi connectivity index (χ4v) is 4.99. The van der Waals surface area contributed by atoms with E-state index >= 15 is 0 Å². The minimum Gasteiger partial charge on any atom is -0.427 e. The average molecular weight is 589 g/mol. The van der Waals surface area contributed by atoms with Crippen LogP contribution in [-0.4, -0.2) is 33.8 Å². The maximum Gasteiger partial charge on any atom is 0.309 e. The van der Waals surface area contributed by atoms with Gasteiger partial charge in [0.2, 0.25) is 0 Å². The van der Waals surface area contributed by atoms with Crippen LogP contribution in [0, 0.1) is 0 Å². The molecular weight excluding hydrogens is 551 g/mol. The molecule has 5 heteroatoms. The first-order valence-corrected chi connectivity index (χ1v) is 15.3. The zero-order chi connectivity index (χ0) is 31.4. The van der Waals surface area contributed by atoms with Gasteiger partial charge in [-0.1, -0.05) is 139 Å². The minimum absolute atomic E-state index is 0.394.